The number of carbonyl (C=O) groups is 3. The van der Waals surface area contributed by atoms with Gasteiger partial charge in [0.25, 0.3) is 0 Å². The van der Waals surface area contributed by atoms with Gasteiger partial charge in [-0.15, -0.1) is 0 Å². The van der Waals surface area contributed by atoms with Crippen LogP contribution in [0.4, 0.5) is 4.79 Å². The molecule has 0 spiro atoms. The van der Waals surface area contributed by atoms with Crippen molar-refractivity contribution in [2.75, 3.05) is 6.61 Å². The smallest absolute Gasteiger partial charge is 0.407 e. The Morgan fingerprint density at radius 1 is 0.943 bits per heavy atom. The molecule has 2 aromatic rings. The molecule has 3 rings (SSSR count). The molecule has 0 aliphatic heterocycles. The predicted octanol–water partition coefficient (Wildman–Crippen LogP) is 5.09. The second-order valence-corrected chi connectivity index (χ2v) is 11.1. The fourth-order valence-corrected chi connectivity index (χ4v) is 4.44. The van der Waals surface area contributed by atoms with Crippen molar-refractivity contribution < 1.29 is 24.2 Å². The van der Waals surface area contributed by atoms with E-state index < -0.39 is 29.6 Å². The highest BCUT2D eigenvalue weighted by molar-refractivity contribution is 5.84. The number of carboxylic acid groups (broad SMARTS) is 1. The number of carboxylic acids is 1. The van der Waals surface area contributed by atoms with E-state index in [0.29, 0.717) is 12.8 Å². The first kappa shape index (κ1) is 26.3. The molecule has 2 aromatic carbocycles. The van der Waals surface area contributed by atoms with Gasteiger partial charge < -0.3 is 20.5 Å². The number of nitrogens with one attached hydrogen (secondary N) is 2. The molecule has 1 aliphatic rings. The number of benzene rings is 2. The van der Waals surface area contributed by atoms with Crippen LogP contribution in [-0.4, -0.2) is 41.3 Å². The minimum atomic E-state index is -1.06. The Hall–Kier alpha value is -3.35. The molecule has 188 valence electrons. The molecule has 0 bridgehead atoms. The summed E-state index contributed by atoms with van der Waals surface area (Å²) in [5.41, 5.74) is 3.58. The van der Waals surface area contributed by atoms with Gasteiger partial charge in [-0.25, -0.2) is 9.59 Å². The van der Waals surface area contributed by atoms with Crippen LogP contribution in [0.2, 0.25) is 0 Å². The first-order valence-electron chi connectivity index (χ1n) is 12.0. The van der Waals surface area contributed by atoms with Crippen LogP contribution in [0.25, 0.3) is 11.1 Å². The van der Waals surface area contributed by atoms with Gasteiger partial charge in [0.2, 0.25) is 5.91 Å². The van der Waals surface area contributed by atoms with Crippen LogP contribution in [0.5, 0.6) is 0 Å². The van der Waals surface area contributed by atoms with E-state index in [1.807, 2.05) is 57.2 Å². The Labute approximate surface area is 207 Å². The molecule has 3 N–H and O–H groups in total. The van der Waals surface area contributed by atoms with Crippen molar-refractivity contribution in [2.45, 2.75) is 71.4 Å². The van der Waals surface area contributed by atoms with Crippen molar-refractivity contribution in [3.05, 3.63) is 59.7 Å². The largest absolute Gasteiger partial charge is 0.480 e. The number of amides is 2. The third-order valence-corrected chi connectivity index (χ3v) is 6.20. The standard InChI is InChI=1S/C28H36N2O5/c1-27(2,3)15-14-23(25(32)33)29-24(31)16-28(4,5)30-26(34)35-17-22-20-12-8-6-10-18(20)19-11-7-9-13-21(19)22/h6-13,22-23H,14-17H2,1-5H3,(H,29,31)(H,30,34)(H,32,33). The zero-order valence-electron chi connectivity index (χ0n) is 21.2. The number of alkyl carbamates (subject to hydrolysis) is 1. The molecule has 0 radical (unpaired) electrons. The fourth-order valence-electron chi connectivity index (χ4n) is 4.44. The van der Waals surface area contributed by atoms with Gasteiger partial charge in [0, 0.05) is 17.9 Å². The average Bonchev–Trinajstić information content (AvgIpc) is 3.07. The summed E-state index contributed by atoms with van der Waals surface area (Å²) in [6, 6.07) is 15.2. The van der Waals surface area contributed by atoms with Crippen LogP contribution in [-0.2, 0) is 14.3 Å². The molecule has 7 heteroatoms. The maximum atomic E-state index is 12.6. The van der Waals surface area contributed by atoms with E-state index in [1.165, 1.54) is 0 Å². The summed E-state index contributed by atoms with van der Waals surface area (Å²) in [6.45, 7) is 9.66. The molecular weight excluding hydrogens is 444 g/mol. The van der Waals surface area contributed by atoms with Gasteiger partial charge in [0.1, 0.15) is 12.6 Å². The van der Waals surface area contributed by atoms with Crippen molar-refractivity contribution in [1.82, 2.24) is 10.6 Å². The Kier molecular flexibility index (Phi) is 7.88. The topological polar surface area (TPSA) is 105 Å². The average molecular weight is 481 g/mol. The lowest BCUT2D eigenvalue weighted by Gasteiger charge is -2.27. The molecule has 1 aliphatic carbocycles. The van der Waals surface area contributed by atoms with Crippen molar-refractivity contribution >= 4 is 18.0 Å². The third kappa shape index (κ3) is 7.07. The van der Waals surface area contributed by atoms with Crippen LogP contribution in [0.15, 0.2) is 48.5 Å². The molecule has 0 fully saturated rings. The second kappa shape index (κ2) is 10.5. The minimum absolute atomic E-state index is 0.0383. The maximum absolute atomic E-state index is 12.6. The molecule has 0 aromatic heterocycles. The van der Waals surface area contributed by atoms with E-state index >= 15 is 0 Å². The number of fused-ring (bicyclic) bond motifs is 3. The van der Waals surface area contributed by atoms with Gasteiger partial charge >= 0.3 is 12.1 Å². The van der Waals surface area contributed by atoms with E-state index in [0.717, 1.165) is 22.3 Å². The molecule has 0 saturated carbocycles. The van der Waals surface area contributed by atoms with E-state index in [1.54, 1.807) is 13.8 Å². The normalized spacial score (nSPS) is 14.0. The number of ether oxygens (including phenoxy) is 1. The molecule has 1 atom stereocenters. The number of rotatable bonds is 9. The summed E-state index contributed by atoms with van der Waals surface area (Å²) in [6.07, 6.45) is 0.305. The van der Waals surface area contributed by atoms with Crippen LogP contribution in [0, 0.1) is 5.41 Å². The van der Waals surface area contributed by atoms with Gasteiger partial charge in [-0.05, 0) is 54.4 Å². The van der Waals surface area contributed by atoms with Crippen molar-refractivity contribution in [3.8, 4) is 11.1 Å². The molecule has 1 unspecified atom stereocenters. The molecule has 2 amide bonds. The van der Waals surface area contributed by atoms with E-state index in [4.69, 9.17) is 4.74 Å². The van der Waals surface area contributed by atoms with Crippen molar-refractivity contribution in [3.63, 3.8) is 0 Å². The zero-order valence-corrected chi connectivity index (χ0v) is 21.2. The van der Waals surface area contributed by atoms with Crippen LogP contribution < -0.4 is 10.6 Å². The molecule has 35 heavy (non-hydrogen) atoms. The number of hydrogen-bond acceptors (Lipinski definition) is 4. The quantitative estimate of drug-likeness (QED) is 0.464. The van der Waals surface area contributed by atoms with E-state index in [2.05, 4.69) is 22.8 Å². The van der Waals surface area contributed by atoms with Gasteiger partial charge in [-0.1, -0.05) is 69.3 Å². The Morgan fingerprint density at radius 2 is 1.49 bits per heavy atom. The molecular formula is C28H36N2O5. The van der Waals surface area contributed by atoms with Crippen LogP contribution in [0.3, 0.4) is 0 Å². The first-order valence-corrected chi connectivity index (χ1v) is 12.0. The van der Waals surface area contributed by atoms with Crippen molar-refractivity contribution in [1.29, 1.82) is 0 Å². The lowest BCUT2D eigenvalue weighted by molar-refractivity contribution is -0.142. The lowest BCUT2D eigenvalue weighted by Crippen LogP contribution is -2.49. The summed E-state index contributed by atoms with van der Waals surface area (Å²) in [4.78, 5) is 36.7. The Morgan fingerprint density at radius 3 is 2.00 bits per heavy atom. The van der Waals surface area contributed by atoms with Crippen LogP contribution >= 0.6 is 0 Å². The number of carbonyl (C=O) groups excluding carboxylic acids is 2. The number of hydrogen-bond donors (Lipinski definition) is 3. The fraction of sp³-hybridized carbons (Fsp3) is 0.464. The summed E-state index contributed by atoms with van der Waals surface area (Å²) in [5.74, 6) is -1.56. The Balaban J connectivity index is 1.55. The second-order valence-electron chi connectivity index (χ2n) is 11.1. The molecule has 0 saturated heterocycles. The predicted molar refractivity (Wildman–Crippen MR) is 135 cm³/mol. The lowest BCUT2D eigenvalue weighted by atomic mass is 9.88. The summed E-state index contributed by atoms with van der Waals surface area (Å²) in [5, 5.41) is 14.8. The van der Waals surface area contributed by atoms with Gasteiger partial charge in [0.15, 0.2) is 0 Å². The highest BCUT2D eigenvalue weighted by atomic mass is 16.5. The Bertz CT molecular complexity index is 1040. The van der Waals surface area contributed by atoms with Gasteiger partial charge in [-0.3, -0.25) is 4.79 Å². The summed E-state index contributed by atoms with van der Waals surface area (Å²) in [7, 11) is 0. The highest BCUT2D eigenvalue weighted by Gasteiger charge is 2.31. The molecule has 7 nitrogen and oxygen atoms in total. The summed E-state index contributed by atoms with van der Waals surface area (Å²) < 4.78 is 5.58. The van der Waals surface area contributed by atoms with E-state index in [-0.39, 0.29) is 24.4 Å². The number of aliphatic carboxylic acids is 1. The summed E-state index contributed by atoms with van der Waals surface area (Å²) >= 11 is 0. The zero-order chi connectivity index (χ0) is 25.8. The van der Waals surface area contributed by atoms with Crippen LogP contribution in [0.1, 0.15) is 70.9 Å². The van der Waals surface area contributed by atoms with Gasteiger partial charge in [0.05, 0.1) is 0 Å². The maximum Gasteiger partial charge on any atom is 0.407 e. The molecule has 0 heterocycles. The monoisotopic (exact) mass is 480 g/mol. The first-order chi connectivity index (χ1) is 16.4. The third-order valence-electron chi connectivity index (χ3n) is 6.20. The van der Waals surface area contributed by atoms with E-state index in [9.17, 15) is 19.5 Å². The SMILES string of the molecule is CC(C)(C)CCC(NC(=O)CC(C)(C)NC(=O)OCC1c2ccccc2-c2ccccc21)C(=O)O. The van der Waals surface area contributed by atoms with Crippen molar-refractivity contribution in [2.24, 2.45) is 5.41 Å². The minimum Gasteiger partial charge on any atom is -0.480 e. The highest BCUT2D eigenvalue weighted by Crippen LogP contribution is 2.44. The van der Waals surface area contributed by atoms with Gasteiger partial charge in [-0.2, -0.15) is 0 Å².